The Balaban J connectivity index is 1.70. The van der Waals surface area contributed by atoms with Crippen molar-refractivity contribution in [2.24, 2.45) is 0 Å². The maximum Gasteiger partial charge on any atom is 0.336 e. The number of carbonyl (C=O) groups excluding carboxylic acids is 3. The summed E-state index contributed by atoms with van der Waals surface area (Å²) in [5.41, 5.74) is -0.124. The number of urea groups is 1. The molecule has 0 atom stereocenters. The number of ether oxygens (including phenoxy) is 1. The molecule has 0 radical (unpaired) electrons. The predicted octanol–water partition coefficient (Wildman–Crippen LogP) is 4.84. The van der Waals surface area contributed by atoms with Gasteiger partial charge in [-0.2, -0.15) is 0 Å². The second kappa shape index (κ2) is 9.00. The Kier molecular flexibility index (Phi) is 6.10. The van der Waals surface area contributed by atoms with Crippen molar-refractivity contribution in [2.75, 3.05) is 12.0 Å². The highest BCUT2D eigenvalue weighted by Crippen LogP contribution is 2.36. The molecule has 0 bridgehead atoms. The van der Waals surface area contributed by atoms with Crippen molar-refractivity contribution in [1.29, 1.82) is 0 Å². The summed E-state index contributed by atoms with van der Waals surface area (Å²) in [6, 6.07) is 10.4. The minimum Gasteiger partial charge on any atom is -0.496 e. The lowest BCUT2D eigenvalue weighted by Crippen LogP contribution is -2.54. The van der Waals surface area contributed by atoms with E-state index in [1.165, 1.54) is 55.6 Å². The number of methoxy groups -OCH3 is 1. The first-order valence-corrected chi connectivity index (χ1v) is 10.2. The summed E-state index contributed by atoms with van der Waals surface area (Å²) >= 11 is 12.1. The number of nitrogens with one attached hydrogen (secondary N) is 1. The summed E-state index contributed by atoms with van der Waals surface area (Å²) in [7, 11) is 1.35. The first-order valence-electron chi connectivity index (χ1n) is 9.49. The number of rotatable bonds is 5. The number of benzene rings is 2. The molecule has 1 saturated heterocycles. The van der Waals surface area contributed by atoms with Gasteiger partial charge in [-0.15, -0.1) is 0 Å². The van der Waals surface area contributed by atoms with Crippen LogP contribution in [0.4, 0.5) is 16.2 Å². The van der Waals surface area contributed by atoms with E-state index < -0.39 is 22.8 Å². The van der Waals surface area contributed by atoms with Gasteiger partial charge in [-0.1, -0.05) is 29.3 Å². The number of furan rings is 1. The van der Waals surface area contributed by atoms with Gasteiger partial charge in [-0.05, 0) is 36.4 Å². The molecule has 0 unspecified atom stereocenters. The van der Waals surface area contributed by atoms with E-state index in [1.807, 2.05) is 0 Å². The molecule has 3 aromatic rings. The molecular weight excluding hydrogens is 489 g/mol. The van der Waals surface area contributed by atoms with Gasteiger partial charge in [-0.3, -0.25) is 25.0 Å². The number of non-ortho nitro benzene ring substituents is 1. The highest BCUT2D eigenvalue weighted by Gasteiger charge is 2.38. The Hall–Kier alpha value is -4.15. The van der Waals surface area contributed by atoms with Gasteiger partial charge < -0.3 is 9.15 Å². The van der Waals surface area contributed by atoms with E-state index >= 15 is 0 Å². The Morgan fingerprint density at radius 3 is 2.59 bits per heavy atom. The average Bonchev–Trinajstić information content (AvgIpc) is 3.27. The minimum absolute atomic E-state index is 0.00539. The highest BCUT2D eigenvalue weighted by atomic mass is 35.5. The van der Waals surface area contributed by atoms with Gasteiger partial charge in [0.1, 0.15) is 22.8 Å². The first-order chi connectivity index (χ1) is 16.2. The molecule has 2 heterocycles. The van der Waals surface area contributed by atoms with E-state index in [4.69, 9.17) is 32.4 Å². The zero-order chi connectivity index (χ0) is 24.6. The van der Waals surface area contributed by atoms with Crippen LogP contribution in [0.5, 0.6) is 5.75 Å². The van der Waals surface area contributed by atoms with E-state index in [-0.39, 0.29) is 44.3 Å². The van der Waals surface area contributed by atoms with Crippen molar-refractivity contribution in [1.82, 2.24) is 5.32 Å². The normalized spacial score (nSPS) is 15.0. The second-order valence-corrected chi connectivity index (χ2v) is 7.66. The van der Waals surface area contributed by atoms with Gasteiger partial charge >= 0.3 is 6.03 Å². The van der Waals surface area contributed by atoms with E-state index in [1.54, 1.807) is 0 Å². The number of hydrogen-bond donors (Lipinski definition) is 1. The molecule has 4 amide bonds. The van der Waals surface area contributed by atoms with Crippen molar-refractivity contribution in [3.8, 4) is 17.1 Å². The van der Waals surface area contributed by atoms with Crippen molar-refractivity contribution in [2.45, 2.75) is 0 Å². The van der Waals surface area contributed by atoms with Gasteiger partial charge in [0.2, 0.25) is 0 Å². The van der Waals surface area contributed by atoms with Crippen LogP contribution in [-0.4, -0.2) is 29.9 Å². The number of hydrogen-bond acceptors (Lipinski definition) is 7. The molecule has 12 heteroatoms. The van der Waals surface area contributed by atoms with Crippen molar-refractivity contribution in [3.05, 3.63) is 80.0 Å². The van der Waals surface area contributed by atoms with Gasteiger partial charge in [0.05, 0.1) is 39.4 Å². The lowest BCUT2D eigenvalue weighted by Gasteiger charge is -2.27. The Morgan fingerprint density at radius 1 is 1.12 bits per heavy atom. The van der Waals surface area contributed by atoms with Crippen LogP contribution < -0.4 is 15.0 Å². The first kappa shape index (κ1) is 23.0. The Labute approximate surface area is 201 Å². The summed E-state index contributed by atoms with van der Waals surface area (Å²) in [6.07, 6.45) is 1.16. The number of carbonyl (C=O) groups is 3. The fourth-order valence-corrected chi connectivity index (χ4v) is 3.64. The number of anilines is 1. The van der Waals surface area contributed by atoms with E-state index in [2.05, 4.69) is 5.32 Å². The zero-order valence-corrected chi connectivity index (χ0v) is 18.7. The Morgan fingerprint density at radius 2 is 1.88 bits per heavy atom. The second-order valence-electron chi connectivity index (χ2n) is 6.87. The molecule has 1 fully saturated rings. The molecule has 34 heavy (non-hydrogen) atoms. The number of halogens is 2. The summed E-state index contributed by atoms with van der Waals surface area (Å²) in [6.45, 7) is 0. The molecule has 0 saturated carbocycles. The Bertz CT molecular complexity index is 1400. The number of nitrogens with zero attached hydrogens (tertiary/aromatic N) is 2. The van der Waals surface area contributed by atoms with Crippen LogP contribution in [0.15, 0.2) is 58.5 Å². The summed E-state index contributed by atoms with van der Waals surface area (Å²) in [5.74, 6) is -1.27. The summed E-state index contributed by atoms with van der Waals surface area (Å²) < 4.78 is 10.9. The van der Waals surface area contributed by atoms with E-state index in [9.17, 15) is 24.5 Å². The average molecular weight is 502 g/mol. The summed E-state index contributed by atoms with van der Waals surface area (Å²) in [5, 5.41) is 13.2. The topological polar surface area (TPSA) is 132 Å². The molecule has 4 rings (SSSR count). The van der Waals surface area contributed by atoms with Crippen LogP contribution in [0.2, 0.25) is 10.0 Å². The van der Waals surface area contributed by atoms with Crippen molar-refractivity contribution >= 4 is 58.5 Å². The zero-order valence-electron chi connectivity index (χ0n) is 17.2. The van der Waals surface area contributed by atoms with Crippen LogP contribution >= 0.6 is 23.2 Å². The van der Waals surface area contributed by atoms with Gasteiger partial charge in [0.15, 0.2) is 0 Å². The quantitative estimate of drug-likeness (QED) is 0.229. The third-order valence-electron chi connectivity index (χ3n) is 4.85. The molecule has 0 aliphatic carbocycles. The number of nitro benzene ring substituents is 1. The SMILES string of the molecule is COc1cc([N+](=O)[O-])ccc1-c1ccc(/C=C2\C(=O)NC(=O)N(c3cccc(Cl)c3Cl)C2=O)o1. The summed E-state index contributed by atoms with van der Waals surface area (Å²) in [4.78, 5) is 48.9. The number of nitro groups is 1. The van der Waals surface area contributed by atoms with Crippen LogP contribution in [0.3, 0.4) is 0 Å². The maximum absolute atomic E-state index is 13.0. The van der Waals surface area contributed by atoms with Crippen molar-refractivity contribution in [3.63, 3.8) is 0 Å². The lowest BCUT2D eigenvalue weighted by atomic mass is 10.1. The van der Waals surface area contributed by atoms with Crippen LogP contribution in [0.25, 0.3) is 17.4 Å². The minimum atomic E-state index is -0.980. The molecule has 2 aromatic carbocycles. The molecular formula is C22H13Cl2N3O7. The standard InChI is InChI=1S/C22H13Cl2N3O7/c1-33-18-9-11(27(31)32)5-7-13(18)17-8-6-12(34-17)10-14-20(28)25-22(30)26(21(14)29)16-4-2-3-15(23)19(16)24/h2-10H,1H3,(H,25,28,30)/b14-10+. The fraction of sp³-hybridized carbons (Fsp3) is 0.0455. The molecule has 0 spiro atoms. The third kappa shape index (κ3) is 4.12. The smallest absolute Gasteiger partial charge is 0.336 e. The largest absolute Gasteiger partial charge is 0.496 e. The molecule has 1 aromatic heterocycles. The molecule has 172 valence electrons. The molecule has 10 nitrogen and oxygen atoms in total. The fourth-order valence-electron chi connectivity index (χ4n) is 3.26. The van der Waals surface area contributed by atoms with Crippen LogP contribution in [-0.2, 0) is 9.59 Å². The molecule has 1 aliphatic heterocycles. The number of barbiturate groups is 1. The van der Waals surface area contributed by atoms with Gasteiger partial charge in [0, 0.05) is 6.07 Å². The molecule has 1 N–H and O–H groups in total. The van der Waals surface area contributed by atoms with Gasteiger partial charge in [0.25, 0.3) is 17.5 Å². The highest BCUT2D eigenvalue weighted by molar-refractivity contribution is 6.46. The van der Waals surface area contributed by atoms with Crippen molar-refractivity contribution < 1.29 is 28.5 Å². The van der Waals surface area contributed by atoms with Crippen LogP contribution in [0.1, 0.15) is 5.76 Å². The lowest BCUT2D eigenvalue weighted by molar-refractivity contribution is -0.384. The monoisotopic (exact) mass is 501 g/mol. The van der Waals surface area contributed by atoms with E-state index in [0.29, 0.717) is 10.5 Å². The number of imide groups is 2. The number of amides is 4. The third-order valence-corrected chi connectivity index (χ3v) is 5.66. The van der Waals surface area contributed by atoms with Gasteiger partial charge in [-0.25, -0.2) is 9.69 Å². The molecule has 1 aliphatic rings. The maximum atomic E-state index is 13.0. The van der Waals surface area contributed by atoms with Crippen LogP contribution in [0, 0.1) is 10.1 Å². The van der Waals surface area contributed by atoms with E-state index in [0.717, 1.165) is 6.08 Å². The predicted molar refractivity (Wildman–Crippen MR) is 123 cm³/mol.